The molecule has 2 aromatic carbocycles. The first-order valence-electron chi connectivity index (χ1n) is 10.7. The van der Waals surface area contributed by atoms with Crippen molar-refractivity contribution in [3.63, 3.8) is 0 Å². The number of nitrogens with one attached hydrogen (secondary N) is 1. The molecule has 1 N–H and O–H groups in total. The Kier molecular flexibility index (Phi) is 7.14. The van der Waals surface area contributed by atoms with Gasteiger partial charge in [-0.1, -0.05) is 24.3 Å². The van der Waals surface area contributed by atoms with E-state index in [9.17, 15) is 9.59 Å². The van der Waals surface area contributed by atoms with Crippen LogP contribution in [0.2, 0.25) is 0 Å². The van der Waals surface area contributed by atoms with Crippen LogP contribution in [0.1, 0.15) is 39.7 Å². The molecule has 8 heteroatoms. The molecule has 2 heterocycles. The van der Waals surface area contributed by atoms with Crippen LogP contribution in [0.25, 0.3) is 0 Å². The standard InChI is InChI=1S/C25H25NO6S/c1-3-29-25(28)23-16(2)21(14-17-9-10-19-20(13-17)32-15-31-19)33-24(23)26-22(27)11-12-30-18-7-5-4-6-8-18/h4-10,13H,3,11-12,14-15H2,1-2H3,(H,26,27). The Morgan fingerprint density at radius 3 is 2.67 bits per heavy atom. The number of rotatable bonds is 9. The largest absolute Gasteiger partial charge is 0.493 e. The normalized spacial score (nSPS) is 11.8. The zero-order chi connectivity index (χ0) is 23.2. The lowest BCUT2D eigenvalue weighted by Crippen LogP contribution is -2.17. The molecule has 0 saturated heterocycles. The van der Waals surface area contributed by atoms with Gasteiger partial charge in [-0.15, -0.1) is 11.3 Å². The topological polar surface area (TPSA) is 83.1 Å². The monoisotopic (exact) mass is 467 g/mol. The smallest absolute Gasteiger partial charge is 0.341 e. The van der Waals surface area contributed by atoms with Crippen molar-refractivity contribution < 1.29 is 28.5 Å². The molecule has 0 unspecified atom stereocenters. The van der Waals surface area contributed by atoms with E-state index in [1.807, 2.05) is 55.5 Å². The predicted octanol–water partition coefficient (Wildman–Crippen LogP) is 4.96. The lowest BCUT2D eigenvalue weighted by atomic mass is 10.1. The van der Waals surface area contributed by atoms with Gasteiger partial charge in [-0.2, -0.15) is 0 Å². The van der Waals surface area contributed by atoms with E-state index in [0.29, 0.717) is 28.5 Å². The first kappa shape index (κ1) is 22.7. The van der Waals surface area contributed by atoms with Crippen molar-refractivity contribution in [3.8, 4) is 17.2 Å². The van der Waals surface area contributed by atoms with E-state index in [1.165, 1.54) is 11.3 Å². The van der Waals surface area contributed by atoms with Crippen molar-refractivity contribution in [1.82, 2.24) is 0 Å². The molecule has 33 heavy (non-hydrogen) atoms. The fourth-order valence-electron chi connectivity index (χ4n) is 3.47. The second-order valence-electron chi connectivity index (χ2n) is 7.40. The predicted molar refractivity (Wildman–Crippen MR) is 126 cm³/mol. The van der Waals surface area contributed by atoms with Crippen LogP contribution < -0.4 is 19.5 Å². The molecular weight excluding hydrogens is 442 g/mol. The lowest BCUT2D eigenvalue weighted by molar-refractivity contribution is -0.116. The molecule has 0 radical (unpaired) electrons. The molecule has 1 aliphatic heterocycles. The van der Waals surface area contributed by atoms with E-state index in [-0.39, 0.29) is 32.3 Å². The number of benzene rings is 2. The molecule has 0 fully saturated rings. The summed E-state index contributed by atoms with van der Waals surface area (Å²) in [4.78, 5) is 26.2. The molecule has 1 amide bonds. The fourth-order valence-corrected chi connectivity index (χ4v) is 4.71. The summed E-state index contributed by atoms with van der Waals surface area (Å²) < 4.78 is 21.7. The fraction of sp³-hybridized carbons (Fsp3) is 0.280. The summed E-state index contributed by atoms with van der Waals surface area (Å²) in [5.41, 5.74) is 2.22. The molecule has 3 aromatic rings. The Labute approximate surface area is 196 Å². The van der Waals surface area contributed by atoms with Crippen LogP contribution >= 0.6 is 11.3 Å². The van der Waals surface area contributed by atoms with E-state index >= 15 is 0 Å². The number of thiophene rings is 1. The third kappa shape index (κ3) is 5.46. The van der Waals surface area contributed by atoms with Crippen LogP contribution in [-0.4, -0.2) is 31.9 Å². The van der Waals surface area contributed by atoms with Crippen LogP contribution in [0.15, 0.2) is 48.5 Å². The van der Waals surface area contributed by atoms with Crippen LogP contribution in [0.5, 0.6) is 17.2 Å². The first-order valence-corrected chi connectivity index (χ1v) is 11.5. The lowest BCUT2D eigenvalue weighted by Gasteiger charge is -2.08. The molecule has 7 nitrogen and oxygen atoms in total. The summed E-state index contributed by atoms with van der Waals surface area (Å²) in [6, 6.07) is 15.1. The second kappa shape index (κ2) is 10.4. The van der Waals surface area contributed by atoms with Gasteiger partial charge in [0.2, 0.25) is 12.7 Å². The summed E-state index contributed by atoms with van der Waals surface area (Å²) in [6.07, 6.45) is 0.748. The number of esters is 1. The van der Waals surface area contributed by atoms with Gasteiger partial charge in [-0.3, -0.25) is 4.79 Å². The van der Waals surface area contributed by atoms with E-state index in [4.69, 9.17) is 18.9 Å². The second-order valence-corrected chi connectivity index (χ2v) is 8.50. The number of fused-ring (bicyclic) bond motifs is 1. The maximum atomic E-state index is 12.7. The Bertz CT molecular complexity index is 1140. The number of hydrogen-bond donors (Lipinski definition) is 1. The first-order chi connectivity index (χ1) is 16.0. The van der Waals surface area contributed by atoms with Crippen LogP contribution in [0.4, 0.5) is 5.00 Å². The van der Waals surface area contributed by atoms with Gasteiger partial charge in [0.05, 0.1) is 25.2 Å². The van der Waals surface area contributed by atoms with Gasteiger partial charge in [0.15, 0.2) is 11.5 Å². The highest BCUT2D eigenvalue weighted by Gasteiger charge is 2.24. The van der Waals surface area contributed by atoms with Crippen molar-refractivity contribution in [3.05, 3.63) is 70.1 Å². The number of para-hydroxylation sites is 1. The minimum atomic E-state index is -0.445. The summed E-state index contributed by atoms with van der Waals surface area (Å²) in [5.74, 6) is 1.46. The Morgan fingerprint density at radius 2 is 1.88 bits per heavy atom. The number of carbonyl (C=O) groups is 2. The molecular formula is C25H25NO6S. The van der Waals surface area contributed by atoms with Crippen LogP contribution in [-0.2, 0) is 16.0 Å². The number of amides is 1. The highest BCUT2D eigenvalue weighted by atomic mass is 32.1. The molecule has 1 aliphatic rings. The number of ether oxygens (including phenoxy) is 4. The van der Waals surface area contributed by atoms with Gasteiger partial charge in [0, 0.05) is 11.3 Å². The van der Waals surface area contributed by atoms with Crippen molar-refractivity contribution in [2.75, 3.05) is 25.3 Å². The summed E-state index contributed by atoms with van der Waals surface area (Å²) >= 11 is 1.38. The molecule has 172 valence electrons. The average molecular weight is 468 g/mol. The molecule has 0 atom stereocenters. The number of carbonyl (C=O) groups excluding carboxylic acids is 2. The van der Waals surface area contributed by atoms with Crippen LogP contribution in [0.3, 0.4) is 0 Å². The summed E-state index contributed by atoms with van der Waals surface area (Å²) in [6.45, 7) is 4.34. The van der Waals surface area contributed by atoms with E-state index < -0.39 is 5.97 Å². The molecule has 4 rings (SSSR count). The number of anilines is 1. The van der Waals surface area contributed by atoms with Crippen molar-refractivity contribution >= 4 is 28.2 Å². The summed E-state index contributed by atoms with van der Waals surface area (Å²) in [7, 11) is 0. The Balaban J connectivity index is 1.48. The Hall–Kier alpha value is -3.52. The van der Waals surface area contributed by atoms with Gasteiger partial charge in [0.25, 0.3) is 0 Å². The van der Waals surface area contributed by atoms with Gasteiger partial charge in [-0.25, -0.2) is 4.79 Å². The highest BCUT2D eigenvalue weighted by molar-refractivity contribution is 7.17. The van der Waals surface area contributed by atoms with Crippen molar-refractivity contribution in [2.24, 2.45) is 0 Å². The van der Waals surface area contributed by atoms with E-state index in [2.05, 4.69) is 5.32 Å². The zero-order valence-corrected chi connectivity index (χ0v) is 19.3. The molecule has 0 aliphatic carbocycles. The van der Waals surface area contributed by atoms with Gasteiger partial charge in [0.1, 0.15) is 10.8 Å². The zero-order valence-electron chi connectivity index (χ0n) is 18.5. The van der Waals surface area contributed by atoms with Gasteiger partial charge < -0.3 is 24.3 Å². The number of hydrogen-bond acceptors (Lipinski definition) is 7. The minimum absolute atomic E-state index is 0.158. The third-order valence-corrected chi connectivity index (χ3v) is 6.33. The SMILES string of the molecule is CCOC(=O)c1c(NC(=O)CCOc2ccccc2)sc(Cc2ccc3c(c2)OCO3)c1C. The van der Waals surface area contributed by atoms with Gasteiger partial charge in [-0.05, 0) is 49.2 Å². The van der Waals surface area contributed by atoms with Crippen molar-refractivity contribution in [2.45, 2.75) is 26.7 Å². The maximum absolute atomic E-state index is 12.7. The molecule has 0 saturated carbocycles. The Morgan fingerprint density at radius 1 is 1.09 bits per heavy atom. The van der Waals surface area contributed by atoms with E-state index in [0.717, 1.165) is 21.8 Å². The summed E-state index contributed by atoms with van der Waals surface area (Å²) in [5, 5.41) is 3.37. The van der Waals surface area contributed by atoms with E-state index in [1.54, 1.807) is 6.92 Å². The molecule has 0 spiro atoms. The molecule has 1 aromatic heterocycles. The maximum Gasteiger partial charge on any atom is 0.341 e. The minimum Gasteiger partial charge on any atom is -0.493 e. The van der Waals surface area contributed by atoms with Crippen molar-refractivity contribution in [1.29, 1.82) is 0 Å². The average Bonchev–Trinajstić information content (AvgIpc) is 3.38. The molecule has 0 bridgehead atoms. The highest BCUT2D eigenvalue weighted by Crippen LogP contribution is 2.37. The third-order valence-electron chi connectivity index (χ3n) is 5.12. The van der Waals surface area contributed by atoms with Gasteiger partial charge >= 0.3 is 5.97 Å². The quantitative estimate of drug-likeness (QED) is 0.448. The van der Waals surface area contributed by atoms with Crippen LogP contribution in [0, 0.1) is 6.92 Å².